The second-order valence-electron chi connectivity index (χ2n) is 9.54. The van der Waals surface area contributed by atoms with E-state index in [9.17, 15) is 24.3 Å². The lowest BCUT2D eigenvalue weighted by atomic mass is 9.98. The third kappa shape index (κ3) is 10.1. The van der Waals surface area contributed by atoms with Crippen molar-refractivity contribution in [1.29, 1.82) is 0 Å². The monoisotopic (exact) mass is 564 g/mol. The molecule has 0 aromatic heterocycles. The summed E-state index contributed by atoms with van der Waals surface area (Å²) in [5, 5.41) is 11.2. The van der Waals surface area contributed by atoms with Gasteiger partial charge in [-0.25, -0.2) is 0 Å². The maximum absolute atomic E-state index is 13.3. The van der Waals surface area contributed by atoms with Gasteiger partial charge >= 0.3 is 17.9 Å². The predicted octanol–water partition coefficient (Wildman–Crippen LogP) is 6.31. The van der Waals surface area contributed by atoms with Crippen LogP contribution >= 0.6 is 0 Å². The summed E-state index contributed by atoms with van der Waals surface area (Å²) in [5.74, 6) is -2.26. The Morgan fingerprint density at radius 2 is 1.49 bits per heavy atom. The second-order valence-corrected chi connectivity index (χ2v) is 9.54. The highest BCUT2D eigenvalue weighted by molar-refractivity contribution is 6.09. The number of methoxy groups -OCH3 is 1. The van der Waals surface area contributed by atoms with Gasteiger partial charge in [0.25, 0.3) is 0 Å². The molecule has 0 saturated heterocycles. The topological polar surface area (TPSA) is 125 Å². The molecule has 0 spiro atoms. The van der Waals surface area contributed by atoms with Gasteiger partial charge in [-0.1, -0.05) is 23.3 Å². The van der Waals surface area contributed by atoms with E-state index in [1.54, 1.807) is 0 Å². The molecule has 2 rings (SSSR count). The van der Waals surface area contributed by atoms with Crippen LogP contribution in [0.5, 0.6) is 28.7 Å². The van der Waals surface area contributed by atoms with Gasteiger partial charge in [0.2, 0.25) is 0 Å². The molecule has 9 heteroatoms. The summed E-state index contributed by atoms with van der Waals surface area (Å²) < 4.78 is 21.1. The summed E-state index contributed by atoms with van der Waals surface area (Å²) in [5.41, 5.74) is 2.68. The Hall–Kier alpha value is -4.66. The average Bonchev–Trinajstić information content (AvgIpc) is 2.87. The number of esters is 3. The van der Waals surface area contributed by atoms with Crippen molar-refractivity contribution in [3.05, 3.63) is 70.3 Å². The summed E-state index contributed by atoms with van der Waals surface area (Å²) in [6.07, 6.45) is 8.39. The van der Waals surface area contributed by atoms with Crippen LogP contribution in [-0.2, 0) is 20.8 Å². The van der Waals surface area contributed by atoms with Crippen LogP contribution in [0.2, 0.25) is 0 Å². The fourth-order valence-electron chi connectivity index (χ4n) is 3.82. The third-order valence-electron chi connectivity index (χ3n) is 5.70. The largest absolute Gasteiger partial charge is 0.507 e. The quantitative estimate of drug-likeness (QED) is 0.104. The highest BCUT2D eigenvalue weighted by atomic mass is 16.6. The normalized spacial score (nSPS) is 11.1. The number of phenolic OH excluding ortho intramolecular Hbond substituents is 1. The van der Waals surface area contributed by atoms with E-state index in [1.165, 1.54) is 69.9 Å². The van der Waals surface area contributed by atoms with Gasteiger partial charge in [-0.2, -0.15) is 0 Å². The van der Waals surface area contributed by atoms with E-state index in [4.69, 9.17) is 18.9 Å². The molecule has 2 aromatic carbocycles. The van der Waals surface area contributed by atoms with Gasteiger partial charge in [0.15, 0.2) is 17.3 Å². The zero-order chi connectivity index (χ0) is 30.7. The van der Waals surface area contributed by atoms with Crippen molar-refractivity contribution in [3.8, 4) is 28.7 Å². The van der Waals surface area contributed by atoms with Gasteiger partial charge in [-0.15, -0.1) is 0 Å². The van der Waals surface area contributed by atoms with Crippen LogP contribution in [0.15, 0.2) is 53.6 Å². The molecule has 9 nitrogen and oxygen atoms in total. The first-order valence-electron chi connectivity index (χ1n) is 13.0. The molecule has 0 amide bonds. The van der Waals surface area contributed by atoms with Crippen molar-refractivity contribution in [2.24, 2.45) is 0 Å². The number of benzene rings is 2. The van der Waals surface area contributed by atoms with E-state index in [0.717, 1.165) is 18.4 Å². The van der Waals surface area contributed by atoms with Gasteiger partial charge in [-0.05, 0) is 76.5 Å². The van der Waals surface area contributed by atoms with E-state index >= 15 is 0 Å². The molecule has 0 aliphatic rings. The lowest BCUT2D eigenvalue weighted by molar-refractivity contribution is -0.133. The number of rotatable bonds is 12. The predicted molar refractivity (Wildman–Crippen MR) is 155 cm³/mol. The third-order valence-corrected chi connectivity index (χ3v) is 5.70. The average molecular weight is 565 g/mol. The van der Waals surface area contributed by atoms with Gasteiger partial charge in [-0.3, -0.25) is 19.2 Å². The molecule has 0 bridgehead atoms. The smallest absolute Gasteiger partial charge is 0.308 e. The Labute approximate surface area is 240 Å². The Kier molecular flexibility index (Phi) is 12.1. The van der Waals surface area contributed by atoms with Crippen molar-refractivity contribution in [1.82, 2.24) is 0 Å². The number of carbonyl (C=O) groups is 4. The van der Waals surface area contributed by atoms with Gasteiger partial charge < -0.3 is 24.1 Å². The van der Waals surface area contributed by atoms with Crippen LogP contribution in [-0.4, -0.2) is 35.9 Å². The summed E-state index contributed by atoms with van der Waals surface area (Å²) >= 11 is 0. The molecule has 2 aromatic rings. The Morgan fingerprint density at radius 3 is 2.07 bits per heavy atom. The summed E-state index contributed by atoms with van der Waals surface area (Å²) in [4.78, 5) is 48.1. The molecule has 0 aliphatic heterocycles. The molecule has 1 N–H and O–H groups in total. The number of allylic oxidation sites excluding steroid dienone is 5. The van der Waals surface area contributed by atoms with Crippen LogP contribution in [0.25, 0.3) is 6.08 Å². The molecule has 0 radical (unpaired) electrons. The molecule has 0 fully saturated rings. The molecule has 0 heterocycles. The Morgan fingerprint density at radius 1 is 0.829 bits per heavy atom. The van der Waals surface area contributed by atoms with Crippen LogP contribution in [0.4, 0.5) is 0 Å². The molecular weight excluding hydrogens is 528 g/mol. The van der Waals surface area contributed by atoms with Crippen LogP contribution < -0.4 is 18.9 Å². The first-order chi connectivity index (χ1) is 19.3. The summed E-state index contributed by atoms with van der Waals surface area (Å²) in [6.45, 7) is 9.71. The summed E-state index contributed by atoms with van der Waals surface area (Å²) in [6, 6.07) is 5.60. The molecule has 218 valence electrons. The van der Waals surface area contributed by atoms with Gasteiger partial charge in [0.1, 0.15) is 17.2 Å². The highest BCUT2D eigenvalue weighted by Crippen LogP contribution is 2.41. The van der Waals surface area contributed by atoms with Crippen LogP contribution in [0.3, 0.4) is 0 Å². The van der Waals surface area contributed by atoms with E-state index in [2.05, 4.69) is 6.08 Å². The summed E-state index contributed by atoms with van der Waals surface area (Å²) in [7, 11) is 1.36. The Bertz CT molecular complexity index is 1410. The maximum Gasteiger partial charge on any atom is 0.308 e. The zero-order valence-corrected chi connectivity index (χ0v) is 24.5. The lowest BCUT2D eigenvalue weighted by Crippen LogP contribution is -2.08. The van der Waals surface area contributed by atoms with Gasteiger partial charge in [0.05, 0.1) is 12.7 Å². The highest BCUT2D eigenvalue weighted by Gasteiger charge is 2.23. The molecular formula is C32H36O9. The molecule has 0 saturated carbocycles. The fraction of sp³-hybridized carbons (Fsp3) is 0.312. The van der Waals surface area contributed by atoms with Crippen LogP contribution in [0, 0.1) is 0 Å². The zero-order valence-electron chi connectivity index (χ0n) is 24.5. The number of ketones is 1. The standard InChI is InChI=1S/C32H36O9/c1-19(2)9-8-10-20(3)11-14-26-31(37)27(18-30(38-7)32(26)41-23(6)35)28(36)15-12-24-17-25(39-21(4)33)13-16-29(24)40-22(5)34/h9,11-13,15-18,37H,8,10,14H2,1-7H3. The van der Waals surface area contributed by atoms with Crippen molar-refractivity contribution >= 4 is 29.8 Å². The second kappa shape index (κ2) is 15.2. The van der Waals surface area contributed by atoms with E-state index in [-0.39, 0.29) is 51.9 Å². The number of hydrogen-bond donors (Lipinski definition) is 1. The number of phenols is 1. The van der Waals surface area contributed by atoms with Crippen molar-refractivity contribution in [2.45, 2.75) is 60.8 Å². The minimum Gasteiger partial charge on any atom is -0.507 e. The van der Waals surface area contributed by atoms with E-state index in [1.807, 2.05) is 26.8 Å². The van der Waals surface area contributed by atoms with Crippen molar-refractivity contribution < 1.29 is 43.2 Å². The molecule has 0 atom stereocenters. The lowest BCUT2D eigenvalue weighted by Gasteiger charge is -2.16. The molecule has 41 heavy (non-hydrogen) atoms. The van der Waals surface area contributed by atoms with Crippen molar-refractivity contribution in [3.63, 3.8) is 0 Å². The first kappa shape index (κ1) is 32.6. The number of ether oxygens (including phenoxy) is 4. The minimum atomic E-state index is -0.613. The Balaban J connectivity index is 2.54. The maximum atomic E-state index is 13.3. The van der Waals surface area contributed by atoms with E-state index < -0.39 is 23.7 Å². The number of carbonyl (C=O) groups excluding carboxylic acids is 4. The van der Waals surface area contributed by atoms with Crippen molar-refractivity contribution in [2.75, 3.05) is 7.11 Å². The SMILES string of the molecule is COc1cc(C(=O)C=Cc2cc(OC(C)=O)ccc2OC(C)=O)c(O)c(CC=C(C)CCC=C(C)C)c1OC(C)=O. The molecule has 0 unspecified atom stereocenters. The number of aromatic hydroxyl groups is 1. The van der Waals surface area contributed by atoms with Gasteiger partial charge in [0, 0.05) is 31.9 Å². The minimum absolute atomic E-state index is 0.0256. The first-order valence-corrected chi connectivity index (χ1v) is 13.0. The number of hydrogen-bond acceptors (Lipinski definition) is 9. The van der Waals surface area contributed by atoms with Crippen LogP contribution in [0.1, 0.15) is 75.9 Å². The van der Waals surface area contributed by atoms with E-state index in [0.29, 0.717) is 0 Å². The molecule has 0 aliphatic carbocycles. The fourth-order valence-corrected chi connectivity index (χ4v) is 3.82.